The molecule has 2 aromatic carbocycles. The van der Waals surface area contributed by atoms with Crippen LogP contribution in [0.3, 0.4) is 0 Å². The standard InChI is InChI=1S/C39H49N3O12/c1-22(44)30(35(47)40-26(20-43)16-17-29(46)53-38(2,3)4)41-37(49)39-18-28-31-32(51-21-50-31)34(39)54-42(33(39)36(48)52-28)19-24-14-12-23(13-15-24)8-7-10-25-9-5-6-11-27(25)45/h5-9,11-15,22,26,28,30-34,43-45H,10,16-21H2,1-4H3,(H,40,47)(H,41,49)/t22-,26-,28+,30+,31-,32-,33-,34+,39-/m0/s1. The molecule has 3 heterocycles. The Labute approximate surface area is 313 Å². The zero-order valence-corrected chi connectivity index (χ0v) is 30.8. The molecule has 0 unspecified atom stereocenters. The Morgan fingerprint density at radius 2 is 1.80 bits per heavy atom. The van der Waals surface area contributed by atoms with E-state index in [0.29, 0.717) is 6.42 Å². The van der Waals surface area contributed by atoms with Crippen LogP contribution in [0.4, 0.5) is 0 Å². The number of aliphatic hydroxyl groups excluding tert-OH is 2. The average molecular weight is 752 g/mol. The number of fused-ring (bicyclic) bond motifs is 4. The monoisotopic (exact) mass is 751 g/mol. The van der Waals surface area contributed by atoms with E-state index in [9.17, 15) is 34.5 Å². The Hall–Kier alpha value is -4.38. The van der Waals surface area contributed by atoms with Crippen molar-refractivity contribution in [3.63, 3.8) is 0 Å². The highest BCUT2D eigenvalue weighted by Gasteiger charge is 2.74. The Bertz CT molecular complexity index is 1730. The Morgan fingerprint density at radius 3 is 2.48 bits per heavy atom. The summed E-state index contributed by atoms with van der Waals surface area (Å²) in [5.41, 5.74) is 0.213. The number of phenolic OH excluding ortho intramolecular Hbond substituents is 1. The molecule has 5 N–H and O–H groups in total. The van der Waals surface area contributed by atoms with Crippen LogP contribution in [0.2, 0.25) is 0 Å². The van der Waals surface area contributed by atoms with Gasteiger partial charge >= 0.3 is 11.9 Å². The number of esters is 2. The predicted octanol–water partition coefficient (Wildman–Crippen LogP) is 1.65. The molecule has 1 aliphatic carbocycles. The van der Waals surface area contributed by atoms with Gasteiger partial charge in [0.05, 0.1) is 25.3 Å². The third-order valence-corrected chi connectivity index (χ3v) is 10.2. The molecule has 0 radical (unpaired) electrons. The number of rotatable bonds is 14. The zero-order chi connectivity index (χ0) is 38.8. The van der Waals surface area contributed by atoms with E-state index in [1.54, 1.807) is 32.9 Å². The highest BCUT2D eigenvalue weighted by molar-refractivity contribution is 5.96. The number of amides is 2. The van der Waals surface area contributed by atoms with Crippen molar-refractivity contribution in [3.05, 3.63) is 71.3 Å². The summed E-state index contributed by atoms with van der Waals surface area (Å²) in [7, 11) is 0. The molecule has 6 rings (SSSR count). The summed E-state index contributed by atoms with van der Waals surface area (Å²) in [4.78, 5) is 60.6. The largest absolute Gasteiger partial charge is 0.508 e. The summed E-state index contributed by atoms with van der Waals surface area (Å²) in [6, 6.07) is 11.1. The molecule has 2 amide bonds. The van der Waals surface area contributed by atoms with Crippen LogP contribution in [0.15, 0.2) is 54.6 Å². The number of hydrogen-bond donors (Lipinski definition) is 5. The third-order valence-electron chi connectivity index (χ3n) is 10.2. The fourth-order valence-corrected chi connectivity index (χ4v) is 7.62. The topological polar surface area (TPSA) is 202 Å². The third kappa shape index (κ3) is 8.31. The Kier molecular flexibility index (Phi) is 11.8. The number of allylic oxidation sites excluding steroid dienone is 1. The number of aliphatic hydroxyl groups is 2. The minimum absolute atomic E-state index is 0.0188. The fourth-order valence-electron chi connectivity index (χ4n) is 7.62. The van der Waals surface area contributed by atoms with Gasteiger partial charge in [0.25, 0.3) is 0 Å². The summed E-state index contributed by atoms with van der Waals surface area (Å²) >= 11 is 0. The quantitative estimate of drug-likeness (QED) is 0.175. The van der Waals surface area contributed by atoms with E-state index in [4.69, 9.17) is 23.8 Å². The minimum atomic E-state index is -1.58. The van der Waals surface area contributed by atoms with Gasteiger partial charge in [-0.2, -0.15) is 5.06 Å². The second-order valence-corrected chi connectivity index (χ2v) is 15.3. The second-order valence-electron chi connectivity index (χ2n) is 15.3. The van der Waals surface area contributed by atoms with Crippen molar-refractivity contribution in [2.45, 2.75) is 114 Å². The second kappa shape index (κ2) is 16.2. The Morgan fingerprint density at radius 1 is 1.07 bits per heavy atom. The molecule has 4 aliphatic rings. The molecule has 9 atom stereocenters. The van der Waals surface area contributed by atoms with Crippen LogP contribution < -0.4 is 10.6 Å². The van der Waals surface area contributed by atoms with Gasteiger partial charge in [0.2, 0.25) is 11.8 Å². The van der Waals surface area contributed by atoms with E-state index in [1.807, 2.05) is 48.6 Å². The van der Waals surface area contributed by atoms with Gasteiger partial charge in [0.1, 0.15) is 54.0 Å². The highest BCUT2D eigenvalue weighted by Crippen LogP contribution is 2.55. The first-order chi connectivity index (χ1) is 25.7. The van der Waals surface area contributed by atoms with E-state index in [1.165, 1.54) is 12.0 Å². The van der Waals surface area contributed by atoms with E-state index in [2.05, 4.69) is 10.6 Å². The lowest BCUT2D eigenvalue weighted by Crippen LogP contribution is -2.71. The summed E-state index contributed by atoms with van der Waals surface area (Å²) in [6.45, 7) is 6.03. The van der Waals surface area contributed by atoms with Crippen LogP contribution in [-0.4, -0.2) is 112 Å². The lowest BCUT2D eigenvalue weighted by molar-refractivity contribution is -0.201. The first-order valence-corrected chi connectivity index (χ1v) is 18.2. The molecule has 292 valence electrons. The van der Waals surface area contributed by atoms with Crippen LogP contribution in [-0.2, 0) is 55.9 Å². The van der Waals surface area contributed by atoms with Crippen molar-refractivity contribution in [2.75, 3.05) is 13.4 Å². The smallest absolute Gasteiger partial charge is 0.327 e. The summed E-state index contributed by atoms with van der Waals surface area (Å²) in [6.07, 6.45) is -0.209. The number of aromatic hydroxyl groups is 1. The number of nitrogens with one attached hydrogen (secondary N) is 2. The number of nitrogens with zero attached hydrogens (tertiary/aromatic N) is 1. The lowest BCUT2D eigenvalue weighted by atomic mass is 9.62. The number of carbonyl (C=O) groups is 4. The summed E-state index contributed by atoms with van der Waals surface area (Å²) in [5.74, 6) is -2.47. The van der Waals surface area contributed by atoms with Crippen LogP contribution in [0.5, 0.6) is 5.75 Å². The van der Waals surface area contributed by atoms with Gasteiger partial charge in [-0.1, -0.05) is 54.6 Å². The van der Waals surface area contributed by atoms with Crippen molar-refractivity contribution >= 4 is 29.8 Å². The molecule has 15 heteroatoms. The van der Waals surface area contributed by atoms with Gasteiger partial charge in [0.15, 0.2) is 6.04 Å². The average Bonchev–Trinajstić information content (AvgIpc) is 3.74. The van der Waals surface area contributed by atoms with Crippen molar-refractivity contribution in [2.24, 2.45) is 5.41 Å². The molecule has 2 aromatic rings. The predicted molar refractivity (Wildman–Crippen MR) is 191 cm³/mol. The molecule has 0 spiro atoms. The number of para-hydroxylation sites is 1. The molecule has 2 bridgehead atoms. The molecule has 3 aliphatic heterocycles. The van der Waals surface area contributed by atoms with Gasteiger partial charge < -0.3 is 44.9 Å². The summed E-state index contributed by atoms with van der Waals surface area (Å²) in [5, 5.41) is 37.4. The van der Waals surface area contributed by atoms with E-state index >= 15 is 0 Å². The Balaban J connectivity index is 1.18. The van der Waals surface area contributed by atoms with E-state index in [0.717, 1.165) is 16.7 Å². The van der Waals surface area contributed by atoms with Gasteiger partial charge in [-0.15, -0.1) is 0 Å². The molecule has 4 fully saturated rings. The number of hydroxylamine groups is 2. The number of benzene rings is 2. The first kappa shape index (κ1) is 39.3. The maximum Gasteiger partial charge on any atom is 0.327 e. The van der Waals surface area contributed by atoms with Crippen molar-refractivity contribution in [3.8, 4) is 5.75 Å². The lowest BCUT2D eigenvalue weighted by Gasteiger charge is -2.49. The van der Waals surface area contributed by atoms with Crippen molar-refractivity contribution in [1.29, 1.82) is 0 Å². The van der Waals surface area contributed by atoms with Crippen molar-refractivity contribution in [1.82, 2.24) is 15.7 Å². The minimum Gasteiger partial charge on any atom is -0.508 e. The molecule has 3 saturated heterocycles. The molecule has 15 nitrogen and oxygen atoms in total. The number of phenols is 1. The van der Waals surface area contributed by atoms with Crippen LogP contribution in [0.25, 0.3) is 6.08 Å². The number of ether oxygens (including phenoxy) is 4. The molecular formula is C39H49N3O12. The summed E-state index contributed by atoms with van der Waals surface area (Å²) < 4.78 is 22.8. The molecule has 54 heavy (non-hydrogen) atoms. The number of carbonyl (C=O) groups excluding carboxylic acids is 4. The normalized spacial score (nSPS) is 27.8. The highest BCUT2D eigenvalue weighted by atomic mass is 16.8. The van der Waals surface area contributed by atoms with Crippen LogP contribution in [0, 0.1) is 5.41 Å². The van der Waals surface area contributed by atoms with Crippen LogP contribution in [0.1, 0.15) is 63.6 Å². The van der Waals surface area contributed by atoms with E-state index < -0.39 is 90.0 Å². The van der Waals surface area contributed by atoms with Gasteiger partial charge in [-0.05, 0) is 63.3 Å². The number of hydrogen-bond acceptors (Lipinski definition) is 13. The van der Waals surface area contributed by atoms with Gasteiger partial charge in [-0.3, -0.25) is 24.0 Å². The SMILES string of the molecule is C[C@H](O)[C@@H](NC(=O)[C@@]12C[C@H]3OC(=O)[C@@H]1N(Cc1ccc(C=CCc4ccccc4O)cc1)O[C@@H]2[C@H]1OCO[C@H]13)C(=O)N[C@H](CO)CCC(=O)OC(C)(C)C. The molecular weight excluding hydrogens is 702 g/mol. The maximum absolute atomic E-state index is 14.6. The van der Waals surface area contributed by atoms with Gasteiger partial charge in [-0.25, -0.2) is 0 Å². The zero-order valence-electron chi connectivity index (χ0n) is 30.8. The van der Waals surface area contributed by atoms with Gasteiger partial charge in [0, 0.05) is 12.8 Å². The fraction of sp³-hybridized carbons (Fsp3) is 0.538. The maximum atomic E-state index is 14.6. The van der Waals surface area contributed by atoms with Crippen LogP contribution >= 0.6 is 0 Å². The molecule has 0 aromatic heterocycles. The van der Waals surface area contributed by atoms with E-state index in [-0.39, 0.29) is 38.3 Å². The molecule has 1 saturated carbocycles. The first-order valence-electron chi connectivity index (χ1n) is 18.2. The van der Waals surface area contributed by atoms with Crippen molar-refractivity contribution < 1.29 is 58.3 Å².